The number of morpholine rings is 1. The fourth-order valence-electron chi connectivity index (χ4n) is 3.64. The van der Waals surface area contributed by atoms with Crippen LogP contribution in [0.1, 0.15) is 0 Å². The van der Waals surface area contributed by atoms with Crippen LogP contribution in [0, 0.1) is 0 Å². The van der Waals surface area contributed by atoms with E-state index in [4.69, 9.17) is 24.2 Å². The topological polar surface area (TPSA) is 84.9 Å². The lowest BCUT2D eigenvalue weighted by atomic mass is 10.2. The van der Waals surface area contributed by atoms with Crippen LogP contribution in [0.5, 0.6) is 5.75 Å². The Morgan fingerprint density at radius 2 is 2.00 bits per heavy atom. The molecule has 4 rings (SSSR count). The number of hydrogen-bond donors (Lipinski definition) is 1. The van der Waals surface area contributed by atoms with Crippen molar-refractivity contribution >= 4 is 22.7 Å². The van der Waals surface area contributed by atoms with Crippen LogP contribution in [-0.2, 0) is 9.47 Å². The van der Waals surface area contributed by atoms with E-state index in [-0.39, 0.29) is 6.04 Å². The van der Waals surface area contributed by atoms with Crippen LogP contribution in [0.3, 0.4) is 0 Å². The molecule has 0 unspecified atom stereocenters. The van der Waals surface area contributed by atoms with Gasteiger partial charge in [0.1, 0.15) is 17.1 Å². The number of anilines is 2. The fraction of sp³-hybridized carbons (Fsp3) is 0.611. The molecule has 2 saturated heterocycles. The molecule has 2 aromatic rings. The van der Waals surface area contributed by atoms with Crippen molar-refractivity contribution in [3.05, 3.63) is 12.4 Å². The SMILES string of the molecule is COC[C@H]1CN(c2nc(N3CCOCC3)nc3cncc(OC)c23)CCN1. The third-order valence-corrected chi connectivity index (χ3v) is 4.98. The minimum Gasteiger partial charge on any atom is -0.494 e. The smallest absolute Gasteiger partial charge is 0.228 e. The summed E-state index contributed by atoms with van der Waals surface area (Å²) in [4.78, 5) is 18.5. The number of ether oxygens (including phenoxy) is 3. The molecular weight excluding hydrogens is 348 g/mol. The quantitative estimate of drug-likeness (QED) is 0.794. The van der Waals surface area contributed by atoms with Crippen molar-refractivity contribution in [2.45, 2.75) is 6.04 Å². The molecule has 4 heterocycles. The number of piperazine rings is 1. The van der Waals surface area contributed by atoms with Crippen molar-refractivity contribution in [2.75, 3.05) is 76.6 Å². The second kappa shape index (κ2) is 8.20. The Morgan fingerprint density at radius 3 is 2.78 bits per heavy atom. The molecule has 0 saturated carbocycles. The number of rotatable bonds is 5. The number of pyridine rings is 1. The first-order valence-electron chi connectivity index (χ1n) is 9.30. The Balaban J connectivity index is 1.77. The zero-order valence-electron chi connectivity index (χ0n) is 15.8. The molecule has 0 radical (unpaired) electrons. The summed E-state index contributed by atoms with van der Waals surface area (Å²) in [5.74, 6) is 2.30. The zero-order valence-corrected chi connectivity index (χ0v) is 15.8. The van der Waals surface area contributed by atoms with Crippen molar-refractivity contribution in [1.29, 1.82) is 0 Å². The van der Waals surface area contributed by atoms with E-state index in [2.05, 4.69) is 20.1 Å². The average molecular weight is 374 g/mol. The molecule has 2 aliphatic heterocycles. The van der Waals surface area contributed by atoms with Crippen LogP contribution in [0.25, 0.3) is 10.9 Å². The minimum atomic E-state index is 0.258. The number of methoxy groups -OCH3 is 2. The fourth-order valence-corrected chi connectivity index (χ4v) is 3.64. The molecule has 9 nitrogen and oxygen atoms in total. The second-order valence-electron chi connectivity index (χ2n) is 6.73. The second-order valence-corrected chi connectivity index (χ2v) is 6.73. The normalized spacial score (nSPS) is 20.9. The lowest BCUT2D eigenvalue weighted by Crippen LogP contribution is -2.53. The highest BCUT2D eigenvalue weighted by Crippen LogP contribution is 2.33. The molecule has 0 bridgehead atoms. The highest BCUT2D eigenvalue weighted by Gasteiger charge is 2.26. The molecule has 146 valence electrons. The molecule has 1 atom stereocenters. The summed E-state index contributed by atoms with van der Waals surface area (Å²) >= 11 is 0. The standard InChI is InChI=1S/C18H26N6O3/c1-25-12-13-11-24(4-3-20-13)17-16-14(9-19-10-15(16)26-2)21-18(22-17)23-5-7-27-8-6-23/h9-10,13,20H,3-8,11-12H2,1-2H3/t13-/m1/s1. The maximum atomic E-state index is 5.58. The van der Waals surface area contributed by atoms with E-state index in [9.17, 15) is 0 Å². The van der Waals surface area contributed by atoms with E-state index >= 15 is 0 Å². The monoisotopic (exact) mass is 374 g/mol. The minimum absolute atomic E-state index is 0.258. The van der Waals surface area contributed by atoms with E-state index in [1.165, 1.54) is 0 Å². The Labute approximate surface area is 158 Å². The first kappa shape index (κ1) is 18.1. The Morgan fingerprint density at radius 1 is 1.15 bits per heavy atom. The highest BCUT2D eigenvalue weighted by atomic mass is 16.5. The molecule has 27 heavy (non-hydrogen) atoms. The van der Waals surface area contributed by atoms with E-state index in [1.807, 2.05) is 0 Å². The molecular formula is C18H26N6O3. The molecule has 2 fully saturated rings. The maximum absolute atomic E-state index is 5.58. The van der Waals surface area contributed by atoms with Crippen LogP contribution < -0.4 is 19.9 Å². The average Bonchev–Trinajstić information content (AvgIpc) is 2.73. The first-order chi connectivity index (χ1) is 13.3. The van der Waals surface area contributed by atoms with E-state index in [1.54, 1.807) is 26.6 Å². The molecule has 0 amide bonds. The Bertz CT molecular complexity index is 781. The van der Waals surface area contributed by atoms with Gasteiger partial charge in [0.2, 0.25) is 5.95 Å². The highest BCUT2D eigenvalue weighted by molar-refractivity contribution is 5.95. The third-order valence-electron chi connectivity index (χ3n) is 4.98. The number of nitrogens with zero attached hydrogens (tertiary/aromatic N) is 5. The van der Waals surface area contributed by atoms with Crippen molar-refractivity contribution in [3.63, 3.8) is 0 Å². The van der Waals surface area contributed by atoms with Gasteiger partial charge in [0.25, 0.3) is 0 Å². The summed E-state index contributed by atoms with van der Waals surface area (Å²) in [6, 6.07) is 0.258. The summed E-state index contributed by atoms with van der Waals surface area (Å²) in [6.07, 6.45) is 3.50. The Hall–Kier alpha value is -2.23. The van der Waals surface area contributed by atoms with Gasteiger partial charge in [-0.2, -0.15) is 4.98 Å². The molecule has 9 heteroatoms. The van der Waals surface area contributed by atoms with Gasteiger partial charge in [-0.15, -0.1) is 0 Å². The lowest BCUT2D eigenvalue weighted by Gasteiger charge is -2.35. The summed E-state index contributed by atoms with van der Waals surface area (Å²) in [7, 11) is 3.38. The van der Waals surface area contributed by atoms with Gasteiger partial charge in [-0.25, -0.2) is 4.98 Å². The van der Waals surface area contributed by atoms with Gasteiger partial charge in [0.05, 0.1) is 44.7 Å². The largest absolute Gasteiger partial charge is 0.494 e. The van der Waals surface area contributed by atoms with Crippen molar-refractivity contribution in [3.8, 4) is 5.75 Å². The van der Waals surface area contributed by atoms with Crippen LogP contribution in [0.4, 0.5) is 11.8 Å². The predicted molar refractivity (Wildman–Crippen MR) is 103 cm³/mol. The number of nitrogens with one attached hydrogen (secondary N) is 1. The van der Waals surface area contributed by atoms with Gasteiger partial charge >= 0.3 is 0 Å². The van der Waals surface area contributed by atoms with Crippen molar-refractivity contribution < 1.29 is 14.2 Å². The number of fused-ring (bicyclic) bond motifs is 1. The van der Waals surface area contributed by atoms with Crippen molar-refractivity contribution in [1.82, 2.24) is 20.3 Å². The molecule has 0 spiro atoms. The summed E-state index contributed by atoms with van der Waals surface area (Å²) in [6.45, 7) is 6.17. The van der Waals surface area contributed by atoms with Crippen LogP contribution in [0.2, 0.25) is 0 Å². The first-order valence-corrected chi connectivity index (χ1v) is 9.30. The number of hydrogen-bond acceptors (Lipinski definition) is 9. The van der Waals surface area contributed by atoms with Crippen molar-refractivity contribution in [2.24, 2.45) is 0 Å². The molecule has 0 aromatic carbocycles. The van der Waals surface area contributed by atoms with Gasteiger partial charge in [0, 0.05) is 45.9 Å². The van der Waals surface area contributed by atoms with Crippen LogP contribution >= 0.6 is 0 Å². The predicted octanol–water partition coefficient (Wildman–Crippen LogP) is 0.295. The zero-order chi connectivity index (χ0) is 18.6. The van der Waals surface area contributed by atoms with E-state index < -0.39 is 0 Å². The number of aromatic nitrogens is 3. The lowest BCUT2D eigenvalue weighted by molar-refractivity contribution is 0.122. The third kappa shape index (κ3) is 3.76. The van der Waals surface area contributed by atoms with Crippen LogP contribution in [-0.4, -0.2) is 87.8 Å². The molecule has 0 aliphatic carbocycles. The molecule has 2 aliphatic rings. The summed E-state index contributed by atoms with van der Waals surface area (Å²) in [5.41, 5.74) is 0.794. The summed E-state index contributed by atoms with van der Waals surface area (Å²) in [5, 5.41) is 4.40. The van der Waals surface area contributed by atoms with E-state index in [0.29, 0.717) is 25.6 Å². The molecule has 1 N–H and O–H groups in total. The van der Waals surface area contributed by atoms with Crippen LogP contribution in [0.15, 0.2) is 12.4 Å². The summed E-state index contributed by atoms with van der Waals surface area (Å²) < 4.78 is 16.4. The van der Waals surface area contributed by atoms with Gasteiger partial charge in [-0.05, 0) is 0 Å². The van der Waals surface area contributed by atoms with Gasteiger partial charge in [0.15, 0.2) is 0 Å². The van der Waals surface area contributed by atoms with Gasteiger partial charge in [-0.1, -0.05) is 0 Å². The van der Waals surface area contributed by atoms with E-state index in [0.717, 1.165) is 55.4 Å². The maximum Gasteiger partial charge on any atom is 0.228 e. The van der Waals surface area contributed by atoms with Gasteiger partial charge in [-0.3, -0.25) is 4.98 Å². The van der Waals surface area contributed by atoms with Gasteiger partial charge < -0.3 is 29.3 Å². The Kier molecular flexibility index (Phi) is 5.51. The molecule has 2 aromatic heterocycles.